The van der Waals surface area contributed by atoms with Gasteiger partial charge in [-0.3, -0.25) is 4.99 Å². The lowest BCUT2D eigenvalue weighted by Gasteiger charge is -2.37. The van der Waals surface area contributed by atoms with Crippen LogP contribution in [0.4, 0.5) is 0 Å². The average molecular weight is 324 g/mol. The lowest BCUT2D eigenvalue weighted by Crippen LogP contribution is -2.41. The molecule has 0 saturated carbocycles. The van der Waals surface area contributed by atoms with Gasteiger partial charge in [-0.1, -0.05) is 36.7 Å². The van der Waals surface area contributed by atoms with E-state index in [0.29, 0.717) is 18.5 Å². The van der Waals surface area contributed by atoms with Gasteiger partial charge in [0.2, 0.25) is 0 Å². The van der Waals surface area contributed by atoms with Crippen LogP contribution in [0.2, 0.25) is 5.02 Å². The van der Waals surface area contributed by atoms with E-state index in [-0.39, 0.29) is 5.41 Å². The molecule has 1 saturated heterocycles. The normalized spacial score (nSPS) is 19.7. The summed E-state index contributed by atoms with van der Waals surface area (Å²) in [5, 5.41) is 4.02. The van der Waals surface area contributed by atoms with E-state index in [4.69, 9.17) is 22.1 Å². The zero-order chi connectivity index (χ0) is 16.0. The number of nitrogens with one attached hydrogen (secondary N) is 1. The average Bonchev–Trinajstić information content (AvgIpc) is 2.54. The lowest BCUT2D eigenvalue weighted by molar-refractivity contribution is 0.0531. The monoisotopic (exact) mass is 323 g/mol. The van der Waals surface area contributed by atoms with E-state index < -0.39 is 0 Å². The van der Waals surface area contributed by atoms with Crippen LogP contribution in [0.1, 0.15) is 38.7 Å². The molecule has 1 aromatic rings. The van der Waals surface area contributed by atoms with E-state index in [2.05, 4.69) is 30.2 Å². The molecule has 1 fully saturated rings. The standard InChI is InChI=1S/C17H26ClN3O/c1-3-13(2)21-16(19)20-12-17(8-10-22-11-9-17)14-6-4-5-7-15(14)18/h4-7,13H,3,8-12H2,1-2H3,(H3,19,20,21). The first-order valence-electron chi connectivity index (χ1n) is 7.96. The van der Waals surface area contributed by atoms with Gasteiger partial charge in [-0.2, -0.15) is 0 Å². The van der Waals surface area contributed by atoms with Crippen LogP contribution < -0.4 is 11.1 Å². The number of hydrogen-bond acceptors (Lipinski definition) is 2. The Morgan fingerprint density at radius 3 is 2.73 bits per heavy atom. The molecule has 0 bridgehead atoms. The Labute approximate surface area is 138 Å². The second kappa shape index (κ2) is 7.84. The van der Waals surface area contributed by atoms with Crippen LogP contribution in [0, 0.1) is 0 Å². The summed E-state index contributed by atoms with van der Waals surface area (Å²) < 4.78 is 5.54. The van der Waals surface area contributed by atoms with Gasteiger partial charge in [-0.15, -0.1) is 0 Å². The molecule has 1 aromatic carbocycles. The van der Waals surface area contributed by atoms with Gasteiger partial charge in [0, 0.05) is 29.7 Å². The quantitative estimate of drug-likeness (QED) is 0.646. The summed E-state index contributed by atoms with van der Waals surface area (Å²) in [6, 6.07) is 8.36. The predicted molar refractivity (Wildman–Crippen MR) is 92.6 cm³/mol. The first-order chi connectivity index (χ1) is 10.6. The maximum atomic E-state index is 6.43. The minimum atomic E-state index is -0.0850. The van der Waals surface area contributed by atoms with Crippen LogP contribution in [0.25, 0.3) is 0 Å². The fraction of sp³-hybridized carbons (Fsp3) is 0.588. The van der Waals surface area contributed by atoms with Crippen LogP contribution >= 0.6 is 11.6 Å². The molecule has 0 spiro atoms. The van der Waals surface area contributed by atoms with Crippen LogP contribution in [0.3, 0.4) is 0 Å². The minimum absolute atomic E-state index is 0.0850. The highest BCUT2D eigenvalue weighted by atomic mass is 35.5. The summed E-state index contributed by atoms with van der Waals surface area (Å²) in [4.78, 5) is 4.59. The molecule has 3 N–H and O–H groups in total. The fourth-order valence-corrected chi connectivity index (χ4v) is 3.14. The number of aliphatic imine (C=N–C) groups is 1. The Morgan fingerprint density at radius 2 is 2.09 bits per heavy atom. The van der Waals surface area contributed by atoms with Crippen molar-refractivity contribution < 1.29 is 4.74 Å². The van der Waals surface area contributed by atoms with Gasteiger partial charge in [0.05, 0.1) is 6.54 Å². The highest BCUT2D eigenvalue weighted by Gasteiger charge is 2.35. The van der Waals surface area contributed by atoms with Crippen LogP contribution in [-0.4, -0.2) is 31.8 Å². The van der Waals surface area contributed by atoms with E-state index in [0.717, 1.165) is 43.1 Å². The SMILES string of the molecule is CCC(C)NC(N)=NCC1(c2ccccc2Cl)CCOCC1. The summed E-state index contributed by atoms with van der Waals surface area (Å²) in [5.41, 5.74) is 7.08. The summed E-state index contributed by atoms with van der Waals surface area (Å²) in [6.07, 6.45) is 2.84. The zero-order valence-corrected chi connectivity index (χ0v) is 14.2. The van der Waals surface area contributed by atoms with Crippen molar-refractivity contribution in [1.82, 2.24) is 5.32 Å². The number of benzene rings is 1. The third kappa shape index (κ3) is 4.14. The first kappa shape index (κ1) is 17.1. The summed E-state index contributed by atoms with van der Waals surface area (Å²) in [5.74, 6) is 0.507. The van der Waals surface area contributed by atoms with Crippen molar-refractivity contribution in [2.24, 2.45) is 10.7 Å². The molecule has 0 radical (unpaired) electrons. The molecule has 1 aliphatic rings. The van der Waals surface area contributed by atoms with E-state index in [1.54, 1.807) is 0 Å². The van der Waals surface area contributed by atoms with Gasteiger partial charge in [0.1, 0.15) is 0 Å². The van der Waals surface area contributed by atoms with Gasteiger partial charge in [-0.05, 0) is 37.8 Å². The second-order valence-corrected chi connectivity index (χ2v) is 6.43. The Balaban J connectivity index is 2.20. The predicted octanol–water partition coefficient (Wildman–Crippen LogP) is 3.09. The molecule has 1 unspecified atom stereocenters. The number of guanidine groups is 1. The van der Waals surface area contributed by atoms with Crippen molar-refractivity contribution in [3.05, 3.63) is 34.9 Å². The third-order valence-corrected chi connectivity index (χ3v) is 4.78. The fourth-order valence-electron chi connectivity index (χ4n) is 2.80. The van der Waals surface area contributed by atoms with E-state index in [1.807, 2.05) is 18.2 Å². The molecule has 4 nitrogen and oxygen atoms in total. The Hall–Kier alpha value is -1.26. The van der Waals surface area contributed by atoms with Crippen molar-refractivity contribution in [2.75, 3.05) is 19.8 Å². The molecule has 5 heteroatoms. The topological polar surface area (TPSA) is 59.6 Å². The van der Waals surface area contributed by atoms with Crippen LogP contribution in [0.15, 0.2) is 29.3 Å². The number of ether oxygens (including phenoxy) is 1. The van der Waals surface area contributed by atoms with Crippen molar-refractivity contribution >= 4 is 17.6 Å². The Bertz CT molecular complexity index is 512. The van der Waals surface area contributed by atoms with E-state index in [9.17, 15) is 0 Å². The maximum Gasteiger partial charge on any atom is 0.188 e. The molecule has 0 aliphatic carbocycles. The number of rotatable bonds is 5. The molecular weight excluding hydrogens is 298 g/mol. The summed E-state index contributed by atoms with van der Waals surface area (Å²) in [6.45, 7) is 6.32. The third-order valence-electron chi connectivity index (χ3n) is 4.45. The van der Waals surface area contributed by atoms with Gasteiger partial charge < -0.3 is 15.8 Å². The van der Waals surface area contributed by atoms with Crippen molar-refractivity contribution in [2.45, 2.75) is 44.6 Å². The molecule has 0 aromatic heterocycles. The van der Waals surface area contributed by atoms with Crippen molar-refractivity contribution in [3.8, 4) is 0 Å². The van der Waals surface area contributed by atoms with E-state index in [1.165, 1.54) is 0 Å². The molecule has 1 aliphatic heterocycles. The number of halogens is 1. The molecule has 122 valence electrons. The molecule has 1 atom stereocenters. The highest BCUT2D eigenvalue weighted by molar-refractivity contribution is 6.31. The van der Waals surface area contributed by atoms with Gasteiger partial charge in [0.25, 0.3) is 0 Å². The second-order valence-electron chi connectivity index (χ2n) is 6.03. The number of hydrogen-bond donors (Lipinski definition) is 2. The lowest BCUT2D eigenvalue weighted by atomic mass is 9.74. The summed E-state index contributed by atoms with van der Waals surface area (Å²) in [7, 11) is 0. The molecule has 0 amide bonds. The van der Waals surface area contributed by atoms with Crippen LogP contribution in [0.5, 0.6) is 0 Å². The zero-order valence-electron chi connectivity index (χ0n) is 13.4. The molecular formula is C17H26ClN3O. The molecule has 1 heterocycles. The molecule has 22 heavy (non-hydrogen) atoms. The Kier molecular flexibility index (Phi) is 6.09. The minimum Gasteiger partial charge on any atom is -0.381 e. The van der Waals surface area contributed by atoms with Crippen LogP contribution in [-0.2, 0) is 10.2 Å². The maximum absolute atomic E-state index is 6.43. The van der Waals surface area contributed by atoms with Gasteiger partial charge in [-0.25, -0.2) is 0 Å². The summed E-state index contributed by atoms with van der Waals surface area (Å²) >= 11 is 6.43. The smallest absolute Gasteiger partial charge is 0.188 e. The number of nitrogens with zero attached hydrogens (tertiary/aromatic N) is 1. The van der Waals surface area contributed by atoms with Crippen molar-refractivity contribution in [3.63, 3.8) is 0 Å². The van der Waals surface area contributed by atoms with Gasteiger partial charge in [0.15, 0.2) is 5.96 Å². The highest BCUT2D eigenvalue weighted by Crippen LogP contribution is 2.38. The van der Waals surface area contributed by atoms with Crippen molar-refractivity contribution in [1.29, 1.82) is 0 Å². The number of nitrogens with two attached hydrogens (primary N) is 1. The largest absolute Gasteiger partial charge is 0.381 e. The molecule has 2 rings (SSSR count). The first-order valence-corrected chi connectivity index (χ1v) is 8.34. The Morgan fingerprint density at radius 1 is 1.41 bits per heavy atom. The van der Waals surface area contributed by atoms with E-state index >= 15 is 0 Å². The van der Waals surface area contributed by atoms with Gasteiger partial charge >= 0.3 is 0 Å².